The second-order valence-corrected chi connectivity index (χ2v) is 5.72. The van der Waals surface area contributed by atoms with Crippen molar-refractivity contribution in [2.45, 2.75) is 30.7 Å². The van der Waals surface area contributed by atoms with E-state index in [1.54, 1.807) is 0 Å². The summed E-state index contributed by atoms with van der Waals surface area (Å²) in [6.07, 6.45) is 1.62. The van der Waals surface area contributed by atoms with Crippen LogP contribution in [0.5, 0.6) is 0 Å². The summed E-state index contributed by atoms with van der Waals surface area (Å²) in [5.74, 6) is 0.0433. The summed E-state index contributed by atoms with van der Waals surface area (Å²) in [4.78, 5) is 0.566. The molecule has 2 N–H and O–H groups in total. The zero-order valence-electron chi connectivity index (χ0n) is 9.08. The van der Waals surface area contributed by atoms with Gasteiger partial charge in [0.05, 0.1) is 15.8 Å². The summed E-state index contributed by atoms with van der Waals surface area (Å²) >= 11 is 5.61. The first-order valence-electron chi connectivity index (χ1n) is 5.09. The molecule has 5 heteroatoms. The molecule has 16 heavy (non-hydrogen) atoms. The highest BCUT2D eigenvalue weighted by Gasteiger charge is 2.07. The standard InChI is InChI=1S/C11H15ClFNOS/c1-8(14)3-2-6-16(15)9-4-5-11(13)10(12)7-9/h4-5,7-8H,2-3,6,14H2,1H3. The van der Waals surface area contributed by atoms with Crippen LogP contribution in [0, 0.1) is 5.82 Å². The average Bonchev–Trinajstić information content (AvgIpc) is 2.21. The van der Waals surface area contributed by atoms with E-state index in [-0.39, 0.29) is 11.1 Å². The maximum Gasteiger partial charge on any atom is 0.141 e. The van der Waals surface area contributed by atoms with Gasteiger partial charge in [-0.3, -0.25) is 4.21 Å². The fourth-order valence-corrected chi connectivity index (χ4v) is 2.65. The van der Waals surface area contributed by atoms with Crippen molar-refractivity contribution in [1.82, 2.24) is 0 Å². The molecule has 0 saturated heterocycles. The second-order valence-electron chi connectivity index (χ2n) is 3.75. The van der Waals surface area contributed by atoms with Crippen molar-refractivity contribution in [3.05, 3.63) is 29.0 Å². The minimum Gasteiger partial charge on any atom is -0.328 e. The predicted octanol–water partition coefficient (Wildman–Crippen LogP) is 2.71. The van der Waals surface area contributed by atoms with Crippen LogP contribution in [-0.2, 0) is 10.8 Å². The fraction of sp³-hybridized carbons (Fsp3) is 0.455. The quantitative estimate of drug-likeness (QED) is 0.888. The zero-order chi connectivity index (χ0) is 12.1. The van der Waals surface area contributed by atoms with Gasteiger partial charge in [-0.15, -0.1) is 0 Å². The van der Waals surface area contributed by atoms with E-state index in [2.05, 4.69) is 0 Å². The van der Waals surface area contributed by atoms with Gasteiger partial charge in [0.15, 0.2) is 0 Å². The maximum absolute atomic E-state index is 12.9. The third-order valence-electron chi connectivity index (χ3n) is 2.14. The van der Waals surface area contributed by atoms with E-state index in [0.29, 0.717) is 10.6 Å². The number of halogens is 2. The van der Waals surface area contributed by atoms with Gasteiger partial charge in [0, 0.05) is 16.7 Å². The van der Waals surface area contributed by atoms with Gasteiger partial charge in [-0.05, 0) is 38.0 Å². The summed E-state index contributed by atoms with van der Waals surface area (Å²) in [6.45, 7) is 1.91. The van der Waals surface area contributed by atoms with Gasteiger partial charge in [-0.1, -0.05) is 11.6 Å². The van der Waals surface area contributed by atoms with Crippen LogP contribution in [0.3, 0.4) is 0 Å². The zero-order valence-corrected chi connectivity index (χ0v) is 10.7. The molecule has 0 radical (unpaired) electrons. The molecule has 2 unspecified atom stereocenters. The van der Waals surface area contributed by atoms with E-state index in [0.717, 1.165) is 12.8 Å². The third-order valence-corrected chi connectivity index (χ3v) is 3.87. The smallest absolute Gasteiger partial charge is 0.141 e. The predicted molar refractivity (Wildman–Crippen MR) is 65.6 cm³/mol. The molecule has 0 heterocycles. The number of hydrogen-bond donors (Lipinski definition) is 1. The average molecular weight is 264 g/mol. The lowest BCUT2D eigenvalue weighted by atomic mass is 10.2. The van der Waals surface area contributed by atoms with Gasteiger partial charge >= 0.3 is 0 Å². The topological polar surface area (TPSA) is 43.1 Å². The number of nitrogens with two attached hydrogens (primary N) is 1. The van der Waals surface area contributed by atoms with Crippen molar-refractivity contribution in [2.24, 2.45) is 5.73 Å². The van der Waals surface area contributed by atoms with Crippen molar-refractivity contribution in [3.8, 4) is 0 Å². The lowest BCUT2D eigenvalue weighted by molar-refractivity contribution is 0.626. The first kappa shape index (κ1) is 13.6. The normalized spacial score (nSPS) is 14.8. The van der Waals surface area contributed by atoms with Crippen LogP contribution in [0.2, 0.25) is 5.02 Å². The molecule has 0 saturated carbocycles. The molecule has 1 rings (SSSR count). The van der Waals surface area contributed by atoms with Crippen LogP contribution in [0.1, 0.15) is 19.8 Å². The Morgan fingerprint density at radius 1 is 1.56 bits per heavy atom. The number of benzene rings is 1. The van der Waals surface area contributed by atoms with Crippen molar-refractivity contribution >= 4 is 22.4 Å². The van der Waals surface area contributed by atoms with Crippen LogP contribution < -0.4 is 5.73 Å². The fourth-order valence-electron chi connectivity index (χ4n) is 1.27. The van der Waals surface area contributed by atoms with Crippen LogP contribution >= 0.6 is 11.6 Å². The molecule has 90 valence electrons. The minimum absolute atomic E-state index is 0.0121. The molecule has 0 amide bonds. The van der Waals surface area contributed by atoms with Crippen LogP contribution in [0.4, 0.5) is 4.39 Å². The Morgan fingerprint density at radius 3 is 2.81 bits per heavy atom. The lowest BCUT2D eigenvalue weighted by Crippen LogP contribution is -2.15. The molecular weight excluding hydrogens is 249 g/mol. The molecule has 0 fully saturated rings. The highest BCUT2D eigenvalue weighted by atomic mass is 35.5. The number of rotatable bonds is 5. The molecule has 0 aromatic heterocycles. The monoisotopic (exact) mass is 263 g/mol. The molecule has 0 spiro atoms. The Bertz CT molecular complexity index is 384. The van der Waals surface area contributed by atoms with Crippen LogP contribution in [-0.4, -0.2) is 16.0 Å². The first-order chi connectivity index (χ1) is 7.50. The summed E-state index contributed by atoms with van der Waals surface area (Å²) in [5, 5.41) is 0.0121. The molecule has 2 atom stereocenters. The van der Waals surface area contributed by atoms with Crippen LogP contribution in [0.15, 0.2) is 23.1 Å². The molecule has 0 bridgehead atoms. The minimum atomic E-state index is -1.13. The first-order valence-corrected chi connectivity index (χ1v) is 6.79. The summed E-state index contributed by atoms with van der Waals surface area (Å²) in [5.41, 5.74) is 5.59. The molecule has 0 aliphatic heterocycles. The Balaban J connectivity index is 2.56. The molecular formula is C11H15ClFNOS. The molecule has 0 aliphatic carbocycles. The summed E-state index contributed by atoms with van der Waals surface area (Å²) in [6, 6.07) is 4.28. The van der Waals surface area contributed by atoms with E-state index >= 15 is 0 Å². The largest absolute Gasteiger partial charge is 0.328 e. The van der Waals surface area contributed by atoms with Crippen molar-refractivity contribution in [2.75, 3.05) is 5.75 Å². The van der Waals surface area contributed by atoms with E-state index in [4.69, 9.17) is 17.3 Å². The maximum atomic E-state index is 12.9. The third kappa shape index (κ3) is 4.20. The van der Waals surface area contributed by atoms with Gasteiger partial charge in [0.25, 0.3) is 0 Å². The molecule has 0 aliphatic rings. The second kappa shape index (κ2) is 6.33. The Hall–Kier alpha value is -0.450. The van der Waals surface area contributed by atoms with Gasteiger partial charge in [-0.25, -0.2) is 4.39 Å². The Kier molecular flexibility index (Phi) is 5.38. The summed E-state index contributed by atoms with van der Waals surface area (Å²) in [7, 11) is -1.13. The summed E-state index contributed by atoms with van der Waals surface area (Å²) < 4.78 is 24.7. The van der Waals surface area contributed by atoms with Gasteiger partial charge < -0.3 is 5.73 Å². The highest BCUT2D eigenvalue weighted by molar-refractivity contribution is 7.85. The molecule has 2 nitrogen and oxygen atoms in total. The Labute approximate surface area is 102 Å². The SMILES string of the molecule is CC(N)CCCS(=O)c1ccc(F)c(Cl)c1. The van der Waals surface area contributed by atoms with Crippen molar-refractivity contribution in [1.29, 1.82) is 0 Å². The van der Waals surface area contributed by atoms with Gasteiger partial charge in [-0.2, -0.15) is 0 Å². The molecule has 1 aromatic carbocycles. The van der Waals surface area contributed by atoms with Crippen molar-refractivity contribution in [3.63, 3.8) is 0 Å². The Morgan fingerprint density at radius 2 is 2.25 bits per heavy atom. The van der Waals surface area contributed by atoms with E-state index in [9.17, 15) is 8.60 Å². The van der Waals surface area contributed by atoms with E-state index in [1.165, 1.54) is 18.2 Å². The highest BCUT2D eigenvalue weighted by Crippen LogP contribution is 2.18. The molecule has 1 aromatic rings. The van der Waals surface area contributed by atoms with E-state index in [1.807, 2.05) is 6.92 Å². The van der Waals surface area contributed by atoms with Crippen molar-refractivity contribution < 1.29 is 8.60 Å². The van der Waals surface area contributed by atoms with E-state index < -0.39 is 16.6 Å². The number of hydrogen-bond acceptors (Lipinski definition) is 2. The lowest BCUT2D eigenvalue weighted by Gasteiger charge is -2.05. The van der Waals surface area contributed by atoms with Gasteiger partial charge in [0.1, 0.15) is 5.82 Å². The van der Waals surface area contributed by atoms with Crippen LogP contribution in [0.25, 0.3) is 0 Å². The van der Waals surface area contributed by atoms with Gasteiger partial charge in [0.2, 0.25) is 0 Å².